The normalized spacial score (nSPS) is 15.3. The van der Waals surface area contributed by atoms with E-state index in [1.807, 2.05) is 6.92 Å². The summed E-state index contributed by atoms with van der Waals surface area (Å²) in [6, 6.07) is 16.0. The molecule has 0 bridgehead atoms. The number of anilines is 1. The number of aryl methyl sites for hydroxylation is 1. The Labute approximate surface area is 205 Å². The Morgan fingerprint density at radius 1 is 0.971 bits per heavy atom. The molecule has 0 radical (unpaired) electrons. The number of sulfonamides is 1. The first kappa shape index (κ1) is 22.7. The van der Waals surface area contributed by atoms with Crippen LogP contribution in [-0.2, 0) is 10.0 Å². The van der Waals surface area contributed by atoms with Crippen molar-refractivity contribution in [3.8, 4) is 0 Å². The zero-order valence-electron chi connectivity index (χ0n) is 17.7. The molecule has 2 N–H and O–H groups in total. The maximum absolute atomic E-state index is 14.1. The van der Waals surface area contributed by atoms with Gasteiger partial charge in [0.2, 0.25) is 0 Å². The van der Waals surface area contributed by atoms with Crippen molar-refractivity contribution >= 4 is 55.6 Å². The Morgan fingerprint density at radius 2 is 1.71 bits per heavy atom. The Morgan fingerprint density at radius 3 is 2.44 bits per heavy atom. The number of amides is 1. The summed E-state index contributed by atoms with van der Waals surface area (Å²) in [6.07, 6.45) is 0. The van der Waals surface area contributed by atoms with E-state index < -0.39 is 27.8 Å². The fraction of sp³-hybridized carbons (Fsp3) is 0.0800. The number of carbonyl (C=O) groups is 1. The minimum atomic E-state index is -4.00. The third-order valence-electron chi connectivity index (χ3n) is 5.78. The van der Waals surface area contributed by atoms with Crippen LogP contribution in [0, 0.1) is 12.7 Å². The molecule has 0 saturated carbocycles. The first-order valence-electron chi connectivity index (χ1n) is 10.3. The highest BCUT2D eigenvalue weighted by atomic mass is 35.5. The molecule has 4 aromatic rings. The predicted octanol–water partition coefficient (Wildman–Crippen LogP) is 6.23. The van der Waals surface area contributed by atoms with Gasteiger partial charge in [-0.1, -0.05) is 47.0 Å². The molecule has 172 valence electrons. The van der Waals surface area contributed by atoms with Crippen LogP contribution in [0.25, 0.3) is 10.8 Å². The molecule has 0 saturated heterocycles. The van der Waals surface area contributed by atoms with Gasteiger partial charge in [-0.25, -0.2) is 12.8 Å². The highest BCUT2D eigenvalue weighted by Gasteiger charge is 2.36. The largest absolute Gasteiger partial charge is 0.341 e. The second-order valence-corrected chi connectivity index (χ2v) is 10.6. The van der Waals surface area contributed by atoms with Crippen LogP contribution < -0.4 is 10.0 Å². The second kappa shape index (κ2) is 8.27. The van der Waals surface area contributed by atoms with E-state index in [0.717, 1.165) is 5.56 Å². The van der Waals surface area contributed by atoms with Crippen molar-refractivity contribution in [1.82, 2.24) is 5.32 Å². The Bertz CT molecular complexity index is 1590. The summed E-state index contributed by atoms with van der Waals surface area (Å²) in [5.41, 5.74) is 2.05. The zero-order valence-corrected chi connectivity index (χ0v) is 20.0. The molecule has 0 fully saturated rings. The summed E-state index contributed by atoms with van der Waals surface area (Å²) >= 11 is 12.5. The third-order valence-corrected chi connectivity index (χ3v) is 7.74. The van der Waals surface area contributed by atoms with Gasteiger partial charge in [0.05, 0.1) is 22.2 Å². The second-order valence-electron chi connectivity index (χ2n) is 8.07. The topological polar surface area (TPSA) is 75.3 Å². The SMILES string of the molecule is Cc1ccc(S(=O)(=O)Nc2cc3cc(Cl)ccc3c3c2C(c2cc(F)ccc2Cl)NC3=O)cc1. The van der Waals surface area contributed by atoms with Gasteiger partial charge in [0.25, 0.3) is 15.9 Å². The minimum absolute atomic E-state index is 0.0654. The van der Waals surface area contributed by atoms with Crippen molar-refractivity contribution in [3.63, 3.8) is 0 Å². The lowest BCUT2D eigenvalue weighted by Crippen LogP contribution is -2.21. The van der Waals surface area contributed by atoms with Crippen LogP contribution in [0.15, 0.2) is 71.6 Å². The Hall–Kier alpha value is -3.13. The van der Waals surface area contributed by atoms with E-state index >= 15 is 0 Å². The number of fused-ring (bicyclic) bond motifs is 3. The van der Waals surface area contributed by atoms with E-state index in [9.17, 15) is 17.6 Å². The van der Waals surface area contributed by atoms with Crippen molar-refractivity contribution in [2.45, 2.75) is 17.9 Å². The fourth-order valence-electron chi connectivity index (χ4n) is 4.19. The molecule has 1 unspecified atom stereocenters. The lowest BCUT2D eigenvalue weighted by molar-refractivity contribution is 0.0962. The van der Waals surface area contributed by atoms with Crippen molar-refractivity contribution in [1.29, 1.82) is 0 Å². The van der Waals surface area contributed by atoms with Gasteiger partial charge < -0.3 is 5.32 Å². The van der Waals surface area contributed by atoms with E-state index in [2.05, 4.69) is 10.0 Å². The number of halogens is 3. The van der Waals surface area contributed by atoms with Crippen LogP contribution in [0.3, 0.4) is 0 Å². The van der Waals surface area contributed by atoms with Crippen molar-refractivity contribution in [2.24, 2.45) is 0 Å². The number of hydrogen-bond donors (Lipinski definition) is 2. The molecule has 0 aliphatic carbocycles. The molecule has 1 aliphatic rings. The molecule has 0 spiro atoms. The number of benzene rings is 4. The Balaban J connectivity index is 1.76. The van der Waals surface area contributed by atoms with E-state index in [4.69, 9.17) is 23.2 Å². The van der Waals surface area contributed by atoms with Gasteiger partial charge in [0.15, 0.2) is 0 Å². The quantitative estimate of drug-likeness (QED) is 0.339. The highest BCUT2D eigenvalue weighted by Crippen LogP contribution is 2.43. The fourth-order valence-corrected chi connectivity index (χ4v) is 5.67. The molecule has 1 aliphatic heterocycles. The van der Waals surface area contributed by atoms with Crippen LogP contribution in [0.5, 0.6) is 0 Å². The molecule has 5 rings (SSSR count). The molecular weight excluding hydrogens is 498 g/mol. The zero-order chi connectivity index (χ0) is 24.2. The molecule has 0 aromatic heterocycles. The smallest absolute Gasteiger partial charge is 0.261 e. The molecule has 1 atom stereocenters. The maximum Gasteiger partial charge on any atom is 0.261 e. The first-order valence-corrected chi connectivity index (χ1v) is 12.5. The number of carbonyl (C=O) groups excluding carboxylic acids is 1. The lowest BCUT2D eigenvalue weighted by Gasteiger charge is -2.19. The molecule has 9 heteroatoms. The molecule has 4 aromatic carbocycles. The molecule has 1 heterocycles. The number of rotatable bonds is 4. The molecule has 34 heavy (non-hydrogen) atoms. The third kappa shape index (κ3) is 3.90. The van der Waals surface area contributed by atoms with Gasteiger partial charge in [0.1, 0.15) is 5.82 Å². The summed E-state index contributed by atoms with van der Waals surface area (Å²) in [5.74, 6) is -0.958. The number of hydrogen-bond acceptors (Lipinski definition) is 3. The van der Waals surface area contributed by atoms with Crippen LogP contribution in [0.2, 0.25) is 10.0 Å². The Kier molecular flexibility index (Phi) is 5.51. The van der Waals surface area contributed by atoms with Crippen molar-refractivity contribution in [2.75, 3.05) is 4.72 Å². The van der Waals surface area contributed by atoms with Crippen molar-refractivity contribution in [3.05, 3.63) is 105 Å². The van der Waals surface area contributed by atoms with E-state index in [1.165, 1.54) is 30.3 Å². The van der Waals surface area contributed by atoms with Gasteiger partial charge in [-0.2, -0.15) is 0 Å². The summed E-state index contributed by atoms with van der Waals surface area (Å²) in [6.45, 7) is 1.86. The lowest BCUT2D eigenvalue weighted by atomic mass is 9.92. The van der Waals surface area contributed by atoms with E-state index in [1.54, 1.807) is 36.4 Å². The van der Waals surface area contributed by atoms with Gasteiger partial charge in [-0.05, 0) is 66.2 Å². The summed E-state index contributed by atoms with van der Waals surface area (Å²) in [5, 5.41) is 4.66. The molecule has 1 amide bonds. The maximum atomic E-state index is 14.1. The van der Waals surface area contributed by atoms with Crippen LogP contribution >= 0.6 is 23.2 Å². The predicted molar refractivity (Wildman–Crippen MR) is 132 cm³/mol. The van der Waals surface area contributed by atoms with Crippen molar-refractivity contribution < 1.29 is 17.6 Å². The average Bonchev–Trinajstić information content (AvgIpc) is 3.13. The summed E-state index contributed by atoms with van der Waals surface area (Å²) < 4.78 is 43.2. The van der Waals surface area contributed by atoms with Gasteiger partial charge in [-0.15, -0.1) is 0 Å². The molecular formula is C25H17Cl2FN2O3S. The van der Waals surface area contributed by atoms with Gasteiger partial charge in [0, 0.05) is 21.2 Å². The van der Waals surface area contributed by atoms with Gasteiger partial charge in [-0.3, -0.25) is 9.52 Å². The van der Waals surface area contributed by atoms with E-state index in [-0.39, 0.29) is 21.2 Å². The molecule has 5 nitrogen and oxygen atoms in total. The summed E-state index contributed by atoms with van der Waals surface area (Å²) in [4.78, 5) is 13.2. The minimum Gasteiger partial charge on any atom is -0.341 e. The first-order chi connectivity index (χ1) is 16.1. The monoisotopic (exact) mass is 514 g/mol. The van der Waals surface area contributed by atoms with Crippen LogP contribution in [-0.4, -0.2) is 14.3 Å². The summed E-state index contributed by atoms with van der Waals surface area (Å²) in [7, 11) is -4.00. The number of nitrogens with one attached hydrogen (secondary N) is 2. The van der Waals surface area contributed by atoms with E-state index in [0.29, 0.717) is 26.9 Å². The van der Waals surface area contributed by atoms with Crippen LogP contribution in [0.1, 0.15) is 33.1 Å². The highest BCUT2D eigenvalue weighted by molar-refractivity contribution is 7.92. The van der Waals surface area contributed by atoms with Crippen LogP contribution in [0.4, 0.5) is 10.1 Å². The standard InChI is InChI=1S/C25H17Cl2FN2O3S/c1-13-2-6-17(7-3-13)34(32,33)30-21-11-14-10-15(26)4-8-18(14)22-23(21)24(29-25(22)31)19-12-16(28)5-9-20(19)27/h2-12,24,30H,1H3,(H,29,31). The average molecular weight is 515 g/mol. The van der Waals surface area contributed by atoms with Gasteiger partial charge >= 0.3 is 0 Å².